The first-order valence-corrected chi connectivity index (χ1v) is 12.0. The molecule has 5 N–H and O–H groups in total. The molecule has 1 aromatic carbocycles. The Kier molecular flexibility index (Phi) is 15.4. The van der Waals surface area contributed by atoms with Crippen molar-refractivity contribution in [2.45, 2.75) is 59.0 Å². The Morgan fingerprint density at radius 1 is 1.34 bits per heavy atom. The van der Waals surface area contributed by atoms with Crippen molar-refractivity contribution in [2.75, 3.05) is 19.4 Å². The van der Waals surface area contributed by atoms with E-state index >= 15 is 0 Å². The first-order chi connectivity index (χ1) is 15.1. The van der Waals surface area contributed by atoms with Crippen LogP contribution in [0.4, 0.5) is 0 Å². The number of hydrogen-bond donors (Lipinski definition) is 3. The number of carbonyl (C=O) groups excluding carboxylic acids is 2. The van der Waals surface area contributed by atoms with Crippen molar-refractivity contribution in [1.29, 1.82) is 0 Å². The standard InChI is InChI=1S/C13H17NOS.C6H10N2O2.C5H13N/c1-10(14-2)13(16-3)12-6-4-11(5-7-12)8-9-15;7-6(10)5-2-1-3-8(5)4-9;1-4(2)5(3)6/h4-7,15H,2,8-9H2,1,3H3;4-5H,1-3H2,(H2,7,10);4-5H,6H2,1-3H3/b13-10-;;/t;5-;/m.0./s1. The smallest absolute Gasteiger partial charge is 0.240 e. The van der Waals surface area contributed by atoms with Gasteiger partial charge < -0.3 is 21.5 Å². The number of nitrogens with zero attached hydrogens (tertiary/aromatic N) is 2. The molecule has 8 heteroatoms. The molecule has 1 aliphatic rings. The first kappa shape index (κ1) is 29.8. The summed E-state index contributed by atoms with van der Waals surface area (Å²) in [4.78, 5) is 27.4. The van der Waals surface area contributed by atoms with Crippen LogP contribution in [-0.2, 0) is 16.0 Å². The van der Waals surface area contributed by atoms with Crippen molar-refractivity contribution in [2.24, 2.45) is 22.4 Å². The molecular weight excluding hydrogens is 424 g/mol. The maximum atomic E-state index is 10.6. The lowest BCUT2D eigenvalue weighted by atomic mass is 10.1. The summed E-state index contributed by atoms with van der Waals surface area (Å²) >= 11 is 1.67. The maximum absolute atomic E-state index is 10.6. The molecule has 2 atom stereocenters. The van der Waals surface area contributed by atoms with Gasteiger partial charge in [0.1, 0.15) is 6.04 Å². The second-order valence-corrected chi connectivity index (χ2v) is 8.77. The number of nitrogens with two attached hydrogens (primary N) is 2. The molecule has 0 aromatic heterocycles. The van der Waals surface area contributed by atoms with Crippen LogP contribution in [0.1, 0.15) is 51.7 Å². The monoisotopic (exact) mass is 464 g/mol. The lowest BCUT2D eigenvalue weighted by Gasteiger charge is -2.15. The van der Waals surface area contributed by atoms with Crippen LogP contribution in [0, 0.1) is 5.92 Å². The van der Waals surface area contributed by atoms with E-state index in [9.17, 15) is 9.59 Å². The molecule has 0 spiro atoms. The quantitative estimate of drug-likeness (QED) is 0.403. The molecule has 1 aromatic rings. The molecule has 1 aliphatic heterocycles. The molecule has 32 heavy (non-hydrogen) atoms. The van der Waals surface area contributed by atoms with E-state index < -0.39 is 5.91 Å². The summed E-state index contributed by atoms with van der Waals surface area (Å²) in [5.74, 6) is 0.231. The summed E-state index contributed by atoms with van der Waals surface area (Å²) in [6.07, 6.45) is 5.02. The third-order valence-corrected chi connectivity index (χ3v) is 6.14. The van der Waals surface area contributed by atoms with Crippen molar-refractivity contribution in [3.05, 3.63) is 41.1 Å². The number of amides is 2. The second kappa shape index (κ2) is 16.5. The number of carbonyl (C=O) groups is 2. The van der Waals surface area contributed by atoms with Crippen LogP contribution in [-0.4, -0.2) is 60.5 Å². The molecule has 0 aliphatic carbocycles. The van der Waals surface area contributed by atoms with E-state index in [-0.39, 0.29) is 12.6 Å². The summed E-state index contributed by atoms with van der Waals surface area (Å²) in [5, 5.41) is 8.83. The molecule has 7 nitrogen and oxygen atoms in total. The topological polar surface area (TPSA) is 122 Å². The van der Waals surface area contributed by atoms with Gasteiger partial charge in [-0.2, -0.15) is 0 Å². The lowest BCUT2D eigenvalue weighted by Crippen LogP contribution is -2.39. The highest BCUT2D eigenvalue weighted by Gasteiger charge is 2.27. The molecular formula is C24H40N4O3S. The molecule has 1 unspecified atom stereocenters. The number of thioether (sulfide) groups is 1. The Labute approximate surface area is 197 Å². The maximum Gasteiger partial charge on any atom is 0.240 e. The van der Waals surface area contributed by atoms with E-state index in [1.54, 1.807) is 11.8 Å². The Balaban J connectivity index is 0.000000511. The van der Waals surface area contributed by atoms with E-state index in [1.165, 1.54) is 4.90 Å². The van der Waals surface area contributed by atoms with Crippen LogP contribution < -0.4 is 11.5 Å². The predicted octanol–water partition coefficient (Wildman–Crippen LogP) is 3.06. The molecule has 1 saturated heterocycles. The highest BCUT2D eigenvalue weighted by atomic mass is 32.2. The molecule has 0 bridgehead atoms. The fraction of sp³-hybridized carbons (Fsp3) is 0.542. The zero-order valence-corrected chi connectivity index (χ0v) is 20.9. The first-order valence-electron chi connectivity index (χ1n) is 10.8. The van der Waals surface area contributed by atoms with Crippen molar-refractivity contribution < 1.29 is 14.7 Å². The van der Waals surface area contributed by atoms with E-state index in [1.807, 2.05) is 32.2 Å². The highest BCUT2D eigenvalue weighted by Crippen LogP contribution is 2.29. The minimum atomic E-state index is -0.399. The average molecular weight is 465 g/mol. The normalized spacial score (nSPS) is 16.8. The van der Waals surface area contributed by atoms with Gasteiger partial charge in [0, 0.05) is 24.1 Å². The van der Waals surface area contributed by atoms with Crippen LogP contribution >= 0.6 is 11.8 Å². The van der Waals surface area contributed by atoms with Gasteiger partial charge in [0.25, 0.3) is 0 Å². The molecule has 1 fully saturated rings. The van der Waals surface area contributed by atoms with Crippen molar-refractivity contribution >= 4 is 35.7 Å². The minimum absolute atomic E-state index is 0.192. The number of aliphatic hydroxyl groups is 1. The van der Waals surface area contributed by atoms with Gasteiger partial charge in [0.15, 0.2) is 0 Å². The number of hydrogen-bond acceptors (Lipinski definition) is 6. The van der Waals surface area contributed by atoms with Crippen LogP contribution in [0.3, 0.4) is 0 Å². The number of rotatable bonds is 8. The second-order valence-electron chi connectivity index (χ2n) is 7.95. The number of allylic oxidation sites excluding steroid dienone is 1. The van der Waals surface area contributed by atoms with Crippen molar-refractivity contribution in [3.8, 4) is 0 Å². The third kappa shape index (κ3) is 10.9. The van der Waals surface area contributed by atoms with Gasteiger partial charge in [-0.15, -0.1) is 11.8 Å². The Hall–Kier alpha value is -2.16. The fourth-order valence-corrected chi connectivity index (χ4v) is 3.45. The number of likely N-dealkylation sites (tertiary alicyclic amines) is 1. The van der Waals surface area contributed by atoms with E-state index in [0.717, 1.165) is 28.1 Å². The SMILES string of the molecule is C=N/C(C)=C(\SC)c1ccc(CCO)cc1.CC(C)C(C)N.NC(=O)[C@@H]1CCCN1C=O. The van der Waals surface area contributed by atoms with Crippen LogP contribution in [0.2, 0.25) is 0 Å². The van der Waals surface area contributed by atoms with Crippen molar-refractivity contribution in [1.82, 2.24) is 4.90 Å². The largest absolute Gasteiger partial charge is 0.396 e. The number of benzene rings is 1. The Morgan fingerprint density at radius 3 is 2.25 bits per heavy atom. The van der Waals surface area contributed by atoms with Gasteiger partial charge in [-0.3, -0.25) is 14.6 Å². The van der Waals surface area contributed by atoms with E-state index in [2.05, 4.69) is 37.7 Å². The van der Waals surface area contributed by atoms with Crippen LogP contribution in [0.15, 0.2) is 35.0 Å². The summed E-state index contributed by atoms with van der Waals surface area (Å²) in [6.45, 7) is 12.6. The van der Waals surface area contributed by atoms with Crippen LogP contribution in [0.25, 0.3) is 4.91 Å². The van der Waals surface area contributed by atoms with Crippen molar-refractivity contribution in [3.63, 3.8) is 0 Å². The molecule has 0 radical (unpaired) electrons. The van der Waals surface area contributed by atoms with Gasteiger partial charge in [0.2, 0.25) is 12.3 Å². The third-order valence-electron chi connectivity index (χ3n) is 5.20. The Bertz CT molecular complexity index is 727. The summed E-state index contributed by atoms with van der Waals surface area (Å²) in [5.41, 5.74) is 13.7. The molecule has 1 heterocycles. The highest BCUT2D eigenvalue weighted by molar-refractivity contribution is 8.07. The number of aliphatic hydroxyl groups excluding tert-OH is 1. The van der Waals surface area contributed by atoms with Crippen LogP contribution in [0.5, 0.6) is 0 Å². The zero-order chi connectivity index (χ0) is 24.7. The molecule has 0 saturated carbocycles. The molecule has 2 amide bonds. The zero-order valence-electron chi connectivity index (χ0n) is 20.1. The predicted molar refractivity (Wildman–Crippen MR) is 136 cm³/mol. The van der Waals surface area contributed by atoms with Gasteiger partial charge in [0.05, 0.1) is 5.70 Å². The van der Waals surface area contributed by atoms with Gasteiger partial charge in [-0.05, 0) is 63.1 Å². The minimum Gasteiger partial charge on any atom is -0.396 e. The molecule has 2 rings (SSSR count). The number of primary amides is 1. The lowest BCUT2D eigenvalue weighted by molar-refractivity contribution is -0.128. The summed E-state index contributed by atoms with van der Waals surface area (Å²) in [7, 11) is 0. The van der Waals surface area contributed by atoms with Gasteiger partial charge >= 0.3 is 0 Å². The van der Waals surface area contributed by atoms with E-state index in [0.29, 0.717) is 37.8 Å². The fourth-order valence-electron chi connectivity index (χ4n) is 2.72. The Morgan fingerprint density at radius 2 is 1.91 bits per heavy atom. The summed E-state index contributed by atoms with van der Waals surface area (Å²) < 4.78 is 0. The van der Waals surface area contributed by atoms with E-state index in [4.69, 9.17) is 16.6 Å². The van der Waals surface area contributed by atoms with Gasteiger partial charge in [-0.1, -0.05) is 38.1 Å². The summed E-state index contributed by atoms with van der Waals surface area (Å²) in [6, 6.07) is 8.20. The average Bonchev–Trinajstić information content (AvgIpc) is 3.25. The number of aliphatic imine (C=N–C) groups is 1. The van der Waals surface area contributed by atoms with Gasteiger partial charge in [-0.25, -0.2) is 0 Å². The molecule has 180 valence electrons.